The van der Waals surface area contributed by atoms with Gasteiger partial charge in [0.2, 0.25) is 0 Å². The van der Waals surface area contributed by atoms with Gasteiger partial charge in [0.25, 0.3) is 0 Å². The van der Waals surface area contributed by atoms with Gasteiger partial charge in [-0.15, -0.1) is 0 Å². The number of pyridine rings is 1. The van der Waals surface area contributed by atoms with Crippen molar-refractivity contribution in [1.82, 2.24) is 9.97 Å². The van der Waals surface area contributed by atoms with E-state index in [1.54, 1.807) is 6.07 Å². The zero-order valence-corrected chi connectivity index (χ0v) is 25.0. The number of fused-ring (bicyclic) bond motifs is 1. The molecule has 4 aromatic rings. The first-order chi connectivity index (χ1) is 19.7. The molecule has 0 aliphatic carbocycles. The van der Waals surface area contributed by atoms with Gasteiger partial charge in [-0.2, -0.15) is 0 Å². The third-order valence-electron chi connectivity index (χ3n) is 6.58. The smallest absolute Gasteiger partial charge is 0.159 e. The lowest BCUT2D eigenvalue weighted by atomic mass is 9.99. The minimum Gasteiger partial charge on any atom is -0.346 e. The van der Waals surface area contributed by atoms with Gasteiger partial charge in [-0.1, -0.05) is 88.1 Å². The van der Waals surface area contributed by atoms with Crippen LogP contribution in [0.4, 0.5) is 8.78 Å². The van der Waals surface area contributed by atoms with E-state index >= 15 is 0 Å². The van der Waals surface area contributed by atoms with Crippen molar-refractivity contribution in [1.29, 1.82) is 0 Å². The van der Waals surface area contributed by atoms with E-state index in [0.717, 1.165) is 58.6 Å². The van der Waals surface area contributed by atoms with Crippen LogP contribution in [-0.2, 0) is 19.4 Å². The standard InChI is InChI=1S/C16H17N3.C12H18.C8H8F2/c1-2-11-4-3-5-13(6-11)15-10-19-16-14(15)7-12(8-17)9-18-16;1-6-8-9-12(10(3)4)11(5)7-2;1-2-6-3-4-7(9)8(10)5-6/h3-7,9-10H,2,8,17H2,1H3,(H,18,19);6,8-9H,3,5,7H2,1-2,4H3;3-5H,2H2,1H3/b;8-6-,12-9+;. The highest BCUT2D eigenvalue weighted by Gasteiger charge is 2.08. The number of benzene rings is 2. The number of nitrogens with zero attached hydrogens (tertiary/aromatic N) is 1. The van der Waals surface area contributed by atoms with Gasteiger partial charge in [0.05, 0.1) is 0 Å². The Hall–Kier alpha value is -4.09. The topological polar surface area (TPSA) is 54.7 Å². The molecular weight excluding hydrogens is 512 g/mol. The summed E-state index contributed by atoms with van der Waals surface area (Å²) in [7, 11) is 0. The van der Waals surface area contributed by atoms with E-state index < -0.39 is 11.6 Å². The molecule has 0 amide bonds. The predicted octanol–water partition coefficient (Wildman–Crippen LogP) is 9.81. The fourth-order valence-corrected chi connectivity index (χ4v) is 4.06. The molecule has 41 heavy (non-hydrogen) atoms. The fraction of sp³-hybridized carbons (Fsp3) is 0.250. The molecule has 0 atom stereocenters. The Labute approximate surface area is 244 Å². The molecule has 0 aliphatic heterocycles. The summed E-state index contributed by atoms with van der Waals surface area (Å²) in [6, 6.07) is 14.7. The molecule has 5 heteroatoms. The number of nitrogens with one attached hydrogen (secondary N) is 1. The Morgan fingerprint density at radius 1 is 0.951 bits per heavy atom. The second-order valence-electron chi connectivity index (χ2n) is 9.65. The van der Waals surface area contributed by atoms with Gasteiger partial charge in [0.15, 0.2) is 11.6 Å². The van der Waals surface area contributed by atoms with Crippen LogP contribution in [0.25, 0.3) is 22.2 Å². The Morgan fingerprint density at radius 2 is 1.66 bits per heavy atom. The van der Waals surface area contributed by atoms with Crippen LogP contribution in [0.15, 0.2) is 109 Å². The molecule has 0 bridgehead atoms. The van der Waals surface area contributed by atoms with Crippen LogP contribution in [0.1, 0.15) is 57.7 Å². The average molecular weight is 556 g/mol. The highest BCUT2D eigenvalue weighted by Crippen LogP contribution is 2.29. The molecular formula is C36H43F2N3. The molecule has 3 N–H and O–H groups in total. The van der Waals surface area contributed by atoms with E-state index in [4.69, 9.17) is 5.73 Å². The zero-order chi connectivity index (χ0) is 30.4. The molecule has 0 unspecified atom stereocenters. The van der Waals surface area contributed by atoms with Crippen LogP contribution in [0.2, 0.25) is 0 Å². The normalized spacial score (nSPS) is 11.1. The summed E-state index contributed by atoms with van der Waals surface area (Å²) in [6.07, 6.45) is 12.7. The van der Waals surface area contributed by atoms with Crippen LogP contribution < -0.4 is 5.73 Å². The minimum atomic E-state index is -0.780. The number of aromatic nitrogens is 2. The van der Waals surface area contributed by atoms with E-state index in [9.17, 15) is 8.78 Å². The number of H-pyrrole nitrogens is 1. The van der Waals surface area contributed by atoms with Gasteiger partial charge in [0, 0.05) is 29.9 Å². The van der Waals surface area contributed by atoms with Crippen molar-refractivity contribution in [3.05, 3.63) is 137 Å². The van der Waals surface area contributed by atoms with Crippen molar-refractivity contribution in [2.45, 2.75) is 60.4 Å². The lowest BCUT2D eigenvalue weighted by molar-refractivity contribution is 0.507. The highest BCUT2D eigenvalue weighted by atomic mass is 19.2. The minimum absolute atomic E-state index is 0.516. The zero-order valence-electron chi connectivity index (χ0n) is 25.0. The maximum atomic E-state index is 12.4. The number of aromatic amines is 1. The Bertz CT molecular complexity index is 1510. The summed E-state index contributed by atoms with van der Waals surface area (Å²) >= 11 is 0. The highest BCUT2D eigenvalue weighted by molar-refractivity contribution is 5.93. The molecule has 2 aromatic carbocycles. The third-order valence-corrected chi connectivity index (χ3v) is 6.58. The Morgan fingerprint density at radius 3 is 2.24 bits per heavy atom. The molecule has 0 saturated carbocycles. The lowest BCUT2D eigenvalue weighted by Crippen LogP contribution is -1.96. The molecule has 0 aliphatic rings. The van der Waals surface area contributed by atoms with Crippen LogP contribution in [0.3, 0.4) is 0 Å². The van der Waals surface area contributed by atoms with Gasteiger partial charge >= 0.3 is 0 Å². The Kier molecular flexibility index (Phi) is 13.6. The maximum Gasteiger partial charge on any atom is 0.159 e. The van der Waals surface area contributed by atoms with E-state index in [2.05, 4.69) is 73.4 Å². The van der Waals surface area contributed by atoms with Crippen molar-refractivity contribution in [2.75, 3.05) is 0 Å². The largest absolute Gasteiger partial charge is 0.346 e. The number of aryl methyl sites for hydroxylation is 2. The lowest BCUT2D eigenvalue weighted by Gasteiger charge is -2.06. The first-order valence-corrected chi connectivity index (χ1v) is 14.0. The summed E-state index contributed by atoms with van der Waals surface area (Å²) < 4.78 is 24.7. The van der Waals surface area contributed by atoms with Crippen molar-refractivity contribution >= 4 is 11.0 Å². The number of rotatable bonds is 8. The summed E-state index contributed by atoms with van der Waals surface area (Å²) in [6.45, 7) is 18.6. The summed E-state index contributed by atoms with van der Waals surface area (Å²) in [5, 5.41) is 1.14. The fourth-order valence-electron chi connectivity index (χ4n) is 4.06. The second kappa shape index (κ2) is 16.9. The summed E-state index contributed by atoms with van der Waals surface area (Å²) in [5.74, 6) is -1.54. The number of nitrogens with two attached hydrogens (primary N) is 1. The van der Waals surface area contributed by atoms with Gasteiger partial charge in [-0.25, -0.2) is 13.8 Å². The van der Waals surface area contributed by atoms with Crippen LogP contribution in [0.5, 0.6) is 0 Å². The SMILES string of the molecule is C=C(C)/C(=C\C=C/C)C(=C)CC.CCc1ccc(F)c(F)c1.CCc1cccc(-c2c[nH]c3ncc(CN)cc23)c1. The molecule has 0 radical (unpaired) electrons. The molecule has 0 spiro atoms. The average Bonchev–Trinajstić information content (AvgIpc) is 3.42. The van der Waals surface area contributed by atoms with Gasteiger partial charge < -0.3 is 10.7 Å². The predicted molar refractivity (Wildman–Crippen MR) is 172 cm³/mol. The molecule has 0 saturated heterocycles. The van der Waals surface area contributed by atoms with Gasteiger partial charge in [-0.05, 0) is 84.7 Å². The molecule has 0 fully saturated rings. The Balaban J connectivity index is 0.000000232. The quantitative estimate of drug-likeness (QED) is 0.213. The monoisotopic (exact) mass is 555 g/mol. The first-order valence-electron chi connectivity index (χ1n) is 14.0. The number of halogens is 2. The maximum absolute atomic E-state index is 12.4. The molecule has 2 heterocycles. The number of hydrogen-bond acceptors (Lipinski definition) is 2. The van der Waals surface area contributed by atoms with Gasteiger partial charge in [-0.3, -0.25) is 0 Å². The number of allylic oxidation sites excluding steroid dienone is 6. The van der Waals surface area contributed by atoms with Crippen molar-refractivity contribution < 1.29 is 8.78 Å². The van der Waals surface area contributed by atoms with E-state index in [1.165, 1.54) is 28.3 Å². The van der Waals surface area contributed by atoms with Crippen LogP contribution >= 0.6 is 0 Å². The molecule has 3 nitrogen and oxygen atoms in total. The number of hydrogen-bond donors (Lipinski definition) is 2. The third kappa shape index (κ3) is 9.80. The molecule has 2 aromatic heterocycles. The van der Waals surface area contributed by atoms with Crippen LogP contribution in [0, 0.1) is 11.6 Å². The van der Waals surface area contributed by atoms with Crippen LogP contribution in [-0.4, -0.2) is 9.97 Å². The molecule has 4 rings (SSSR count). The van der Waals surface area contributed by atoms with E-state index in [-0.39, 0.29) is 0 Å². The summed E-state index contributed by atoms with van der Waals surface area (Å²) in [4.78, 5) is 7.63. The van der Waals surface area contributed by atoms with E-state index in [0.29, 0.717) is 6.54 Å². The van der Waals surface area contributed by atoms with Gasteiger partial charge in [0.1, 0.15) is 5.65 Å². The first kappa shape index (κ1) is 33.1. The second-order valence-corrected chi connectivity index (χ2v) is 9.65. The molecule has 216 valence electrons. The van der Waals surface area contributed by atoms with E-state index in [1.807, 2.05) is 45.3 Å². The van der Waals surface area contributed by atoms with Crippen molar-refractivity contribution in [3.8, 4) is 11.1 Å². The van der Waals surface area contributed by atoms with Crippen molar-refractivity contribution in [3.63, 3.8) is 0 Å². The van der Waals surface area contributed by atoms with Crippen molar-refractivity contribution in [2.24, 2.45) is 5.73 Å². The summed E-state index contributed by atoms with van der Waals surface area (Å²) in [5.41, 5.74) is 15.6.